The molecule has 0 saturated heterocycles. The molecule has 1 N–H and O–H groups in total. The lowest BCUT2D eigenvalue weighted by Crippen LogP contribution is -2.32. The molecule has 3 aromatic heterocycles. The standard InChI is InChI=1S/C26H20FN5O/c27-22-9-18(11-28-14-22)16-32(23-7-5-19(6-8-23)25-15-30-17-31-25)26(33)10-21-13-29-12-20-3-1-2-4-24(20)21/h1-9,11-15,17H,10,16H2,(H,30,31). The Kier molecular flexibility index (Phi) is 5.59. The highest BCUT2D eigenvalue weighted by Crippen LogP contribution is 2.25. The first kappa shape index (κ1) is 20.5. The highest BCUT2D eigenvalue weighted by molar-refractivity contribution is 5.97. The number of carbonyl (C=O) groups is 1. The van der Waals surface area contributed by atoms with Gasteiger partial charge in [-0.15, -0.1) is 0 Å². The summed E-state index contributed by atoms with van der Waals surface area (Å²) < 4.78 is 13.8. The van der Waals surface area contributed by atoms with Crippen molar-refractivity contribution in [3.05, 3.63) is 109 Å². The molecule has 0 saturated carbocycles. The molecule has 0 radical (unpaired) electrons. The maximum atomic E-state index is 13.8. The zero-order chi connectivity index (χ0) is 22.6. The van der Waals surface area contributed by atoms with Gasteiger partial charge in [0, 0.05) is 29.7 Å². The van der Waals surface area contributed by atoms with Crippen molar-refractivity contribution in [2.75, 3.05) is 4.90 Å². The van der Waals surface area contributed by atoms with Crippen molar-refractivity contribution >= 4 is 22.4 Å². The second-order valence-corrected chi connectivity index (χ2v) is 7.70. The maximum Gasteiger partial charge on any atom is 0.231 e. The molecule has 162 valence electrons. The van der Waals surface area contributed by atoms with Crippen LogP contribution in [0.15, 0.2) is 91.9 Å². The number of H-pyrrole nitrogens is 1. The van der Waals surface area contributed by atoms with Crippen LogP contribution >= 0.6 is 0 Å². The topological polar surface area (TPSA) is 74.8 Å². The van der Waals surface area contributed by atoms with Gasteiger partial charge in [0.15, 0.2) is 0 Å². The van der Waals surface area contributed by atoms with E-state index in [4.69, 9.17) is 0 Å². The Hall–Kier alpha value is -4.39. The molecule has 0 unspecified atom stereocenters. The number of hydrogen-bond donors (Lipinski definition) is 1. The van der Waals surface area contributed by atoms with E-state index in [1.807, 2.05) is 48.5 Å². The third-order valence-corrected chi connectivity index (χ3v) is 5.48. The summed E-state index contributed by atoms with van der Waals surface area (Å²) in [7, 11) is 0. The second-order valence-electron chi connectivity index (χ2n) is 7.70. The molecule has 0 aliphatic carbocycles. The molecule has 3 heterocycles. The van der Waals surface area contributed by atoms with Gasteiger partial charge in [0.2, 0.25) is 5.91 Å². The smallest absolute Gasteiger partial charge is 0.231 e. The lowest BCUT2D eigenvalue weighted by Gasteiger charge is -2.23. The molecule has 1 amide bonds. The molecule has 2 aromatic carbocycles. The van der Waals surface area contributed by atoms with E-state index < -0.39 is 5.82 Å². The van der Waals surface area contributed by atoms with Gasteiger partial charge in [-0.2, -0.15) is 0 Å². The Morgan fingerprint density at radius 2 is 1.73 bits per heavy atom. The fourth-order valence-corrected chi connectivity index (χ4v) is 3.86. The average Bonchev–Trinajstić information content (AvgIpc) is 3.38. The predicted octanol–water partition coefficient (Wildman–Crippen LogP) is 4.93. The molecular weight excluding hydrogens is 417 g/mol. The largest absolute Gasteiger partial charge is 0.345 e. The zero-order valence-electron chi connectivity index (χ0n) is 17.6. The summed E-state index contributed by atoms with van der Waals surface area (Å²) in [5.74, 6) is -0.556. The Balaban J connectivity index is 1.48. The van der Waals surface area contributed by atoms with E-state index in [9.17, 15) is 9.18 Å². The summed E-state index contributed by atoms with van der Waals surface area (Å²) in [6, 6.07) is 16.8. The Morgan fingerprint density at radius 3 is 2.52 bits per heavy atom. The minimum atomic E-state index is -0.437. The molecule has 5 rings (SSSR count). The van der Waals surface area contributed by atoms with Crippen LogP contribution in [0.25, 0.3) is 22.0 Å². The summed E-state index contributed by atoms with van der Waals surface area (Å²) in [6.07, 6.45) is 9.76. The summed E-state index contributed by atoms with van der Waals surface area (Å²) in [5, 5.41) is 1.97. The normalized spacial score (nSPS) is 10.9. The number of hydrogen-bond acceptors (Lipinski definition) is 4. The van der Waals surface area contributed by atoms with Crippen molar-refractivity contribution in [1.82, 2.24) is 19.9 Å². The highest BCUT2D eigenvalue weighted by atomic mass is 19.1. The molecule has 0 aliphatic rings. The third-order valence-electron chi connectivity index (χ3n) is 5.48. The number of anilines is 1. The van der Waals surface area contributed by atoms with E-state index in [2.05, 4.69) is 19.9 Å². The number of fused-ring (bicyclic) bond motifs is 1. The third kappa shape index (κ3) is 4.48. The Labute approximate surface area is 189 Å². The first-order chi connectivity index (χ1) is 16.2. The molecular formula is C26H20FN5O. The Bertz CT molecular complexity index is 1390. The van der Waals surface area contributed by atoms with Crippen LogP contribution in [-0.2, 0) is 17.8 Å². The number of aromatic amines is 1. The van der Waals surface area contributed by atoms with Gasteiger partial charge in [0.1, 0.15) is 5.82 Å². The van der Waals surface area contributed by atoms with E-state index in [1.54, 1.807) is 36.0 Å². The van der Waals surface area contributed by atoms with Crippen molar-refractivity contribution < 1.29 is 9.18 Å². The first-order valence-corrected chi connectivity index (χ1v) is 10.5. The van der Waals surface area contributed by atoms with Gasteiger partial charge < -0.3 is 9.88 Å². The monoisotopic (exact) mass is 437 g/mol. The van der Waals surface area contributed by atoms with Gasteiger partial charge in [-0.25, -0.2) is 9.37 Å². The number of nitrogens with zero attached hydrogens (tertiary/aromatic N) is 4. The molecule has 6 nitrogen and oxygen atoms in total. The summed E-state index contributed by atoms with van der Waals surface area (Å²) in [4.78, 5) is 30.5. The van der Waals surface area contributed by atoms with Crippen molar-refractivity contribution in [1.29, 1.82) is 0 Å². The molecule has 0 atom stereocenters. The number of carbonyl (C=O) groups excluding carboxylic acids is 1. The number of aromatic nitrogens is 4. The van der Waals surface area contributed by atoms with Crippen molar-refractivity contribution in [2.24, 2.45) is 0 Å². The van der Waals surface area contributed by atoms with Gasteiger partial charge in [-0.05, 0) is 40.3 Å². The average molecular weight is 437 g/mol. The molecule has 0 spiro atoms. The van der Waals surface area contributed by atoms with Gasteiger partial charge in [-0.3, -0.25) is 14.8 Å². The molecule has 5 aromatic rings. The van der Waals surface area contributed by atoms with Crippen LogP contribution in [0.5, 0.6) is 0 Å². The number of nitrogens with one attached hydrogen (secondary N) is 1. The Morgan fingerprint density at radius 1 is 0.909 bits per heavy atom. The lowest BCUT2D eigenvalue weighted by atomic mass is 10.0. The fraction of sp³-hybridized carbons (Fsp3) is 0.0769. The number of pyridine rings is 2. The number of imidazole rings is 1. The van der Waals surface area contributed by atoms with Crippen LogP contribution in [0, 0.1) is 5.82 Å². The minimum absolute atomic E-state index is 0.119. The van der Waals surface area contributed by atoms with Crippen molar-refractivity contribution in [2.45, 2.75) is 13.0 Å². The van der Waals surface area contributed by atoms with Gasteiger partial charge >= 0.3 is 0 Å². The van der Waals surface area contributed by atoms with E-state index in [0.717, 1.165) is 33.8 Å². The van der Waals surface area contributed by atoms with Gasteiger partial charge in [-0.1, -0.05) is 36.4 Å². The van der Waals surface area contributed by atoms with E-state index >= 15 is 0 Å². The van der Waals surface area contributed by atoms with Crippen LogP contribution in [0.2, 0.25) is 0 Å². The van der Waals surface area contributed by atoms with Crippen LogP contribution in [-0.4, -0.2) is 25.8 Å². The molecule has 33 heavy (non-hydrogen) atoms. The number of amides is 1. The molecule has 7 heteroatoms. The van der Waals surface area contributed by atoms with E-state index in [1.165, 1.54) is 6.07 Å². The van der Waals surface area contributed by atoms with Crippen LogP contribution < -0.4 is 4.90 Å². The van der Waals surface area contributed by atoms with E-state index in [-0.39, 0.29) is 18.9 Å². The summed E-state index contributed by atoms with van der Waals surface area (Å²) in [6.45, 7) is 0.200. The minimum Gasteiger partial charge on any atom is -0.345 e. The van der Waals surface area contributed by atoms with Gasteiger partial charge in [0.25, 0.3) is 0 Å². The number of benzene rings is 2. The fourth-order valence-electron chi connectivity index (χ4n) is 3.86. The van der Waals surface area contributed by atoms with Crippen molar-refractivity contribution in [3.8, 4) is 11.3 Å². The molecule has 0 bridgehead atoms. The molecule has 0 aliphatic heterocycles. The predicted molar refractivity (Wildman–Crippen MR) is 125 cm³/mol. The zero-order valence-corrected chi connectivity index (χ0v) is 17.6. The quantitative estimate of drug-likeness (QED) is 0.409. The van der Waals surface area contributed by atoms with Crippen LogP contribution in [0.4, 0.5) is 10.1 Å². The van der Waals surface area contributed by atoms with Crippen LogP contribution in [0.3, 0.4) is 0 Å². The van der Waals surface area contributed by atoms with Crippen molar-refractivity contribution in [3.63, 3.8) is 0 Å². The van der Waals surface area contributed by atoms with Crippen LogP contribution in [0.1, 0.15) is 11.1 Å². The maximum absolute atomic E-state index is 13.8. The second kappa shape index (κ2) is 9.00. The van der Waals surface area contributed by atoms with Gasteiger partial charge in [0.05, 0.1) is 37.4 Å². The van der Waals surface area contributed by atoms with E-state index in [0.29, 0.717) is 11.3 Å². The highest BCUT2D eigenvalue weighted by Gasteiger charge is 2.19. The number of rotatable bonds is 6. The first-order valence-electron chi connectivity index (χ1n) is 10.5. The molecule has 0 fully saturated rings. The summed E-state index contributed by atoms with van der Waals surface area (Å²) >= 11 is 0. The lowest BCUT2D eigenvalue weighted by molar-refractivity contribution is -0.118. The summed E-state index contributed by atoms with van der Waals surface area (Å²) in [5.41, 5.74) is 4.00. The SMILES string of the molecule is O=C(Cc1cncc2ccccc12)N(Cc1cncc(F)c1)c1ccc(-c2cnc[nH]2)cc1. The number of halogens is 1.